The highest BCUT2D eigenvalue weighted by atomic mass is 32.1. The molecule has 1 aliphatic rings. The zero-order valence-corrected chi connectivity index (χ0v) is 11.6. The minimum absolute atomic E-state index is 0.538. The number of benzene rings is 1. The van der Waals surface area contributed by atoms with Crippen molar-refractivity contribution in [3.63, 3.8) is 0 Å². The Morgan fingerprint density at radius 3 is 3.11 bits per heavy atom. The zero-order chi connectivity index (χ0) is 13.2. The summed E-state index contributed by atoms with van der Waals surface area (Å²) in [4.78, 5) is 7.61. The van der Waals surface area contributed by atoms with Crippen molar-refractivity contribution in [1.82, 2.24) is 15.3 Å². The molecule has 0 fully saturated rings. The van der Waals surface area contributed by atoms with Crippen LogP contribution in [0.15, 0.2) is 24.3 Å². The molecule has 1 aromatic carbocycles. The van der Waals surface area contributed by atoms with Gasteiger partial charge in [0.05, 0.1) is 0 Å². The first-order chi connectivity index (χ1) is 9.22. The summed E-state index contributed by atoms with van der Waals surface area (Å²) in [5.41, 5.74) is 4.63. The Balaban J connectivity index is 2.00. The smallest absolute Gasteiger partial charge is 0.198 e. The molecule has 4 nitrogen and oxygen atoms in total. The molecule has 2 heterocycles. The molecule has 0 amide bonds. The predicted octanol–water partition coefficient (Wildman–Crippen LogP) is 2.84. The first kappa shape index (κ1) is 12.3. The fraction of sp³-hybridized carbons (Fsp3) is 0.286. The molecule has 5 heteroatoms. The lowest BCUT2D eigenvalue weighted by Crippen LogP contribution is -2.26. The number of nitrogens with zero attached hydrogens (tertiary/aromatic N) is 1. The van der Waals surface area contributed by atoms with E-state index in [9.17, 15) is 0 Å². The first-order valence-corrected chi connectivity index (χ1v) is 6.80. The molecular weight excluding hydrogens is 256 g/mol. The summed E-state index contributed by atoms with van der Waals surface area (Å²) in [6.45, 7) is 3.88. The van der Waals surface area contributed by atoms with Gasteiger partial charge in [0.15, 0.2) is 4.77 Å². The average Bonchev–Trinajstić information content (AvgIpc) is 2.38. The van der Waals surface area contributed by atoms with E-state index < -0.39 is 0 Å². The van der Waals surface area contributed by atoms with Crippen molar-refractivity contribution in [2.75, 3.05) is 11.9 Å². The van der Waals surface area contributed by atoms with Crippen LogP contribution >= 0.6 is 12.2 Å². The van der Waals surface area contributed by atoms with Crippen molar-refractivity contribution in [1.29, 1.82) is 0 Å². The maximum atomic E-state index is 5.20. The quantitative estimate of drug-likeness (QED) is 0.736. The van der Waals surface area contributed by atoms with Gasteiger partial charge in [-0.15, -0.1) is 0 Å². The van der Waals surface area contributed by atoms with Crippen LogP contribution in [0.5, 0.6) is 0 Å². The molecule has 0 saturated heterocycles. The predicted molar refractivity (Wildman–Crippen MR) is 79.3 cm³/mol. The van der Waals surface area contributed by atoms with E-state index in [1.807, 2.05) is 12.1 Å². The zero-order valence-electron chi connectivity index (χ0n) is 10.8. The summed E-state index contributed by atoms with van der Waals surface area (Å²) in [5.74, 6) is 0.858. The highest BCUT2D eigenvalue weighted by Gasteiger charge is 2.15. The molecule has 2 aromatic rings. The van der Waals surface area contributed by atoms with E-state index in [0.29, 0.717) is 4.77 Å². The van der Waals surface area contributed by atoms with Gasteiger partial charge in [0, 0.05) is 36.5 Å². The third-order valence-electron chi connectivity index (χ3n) is 3.26. The summed E-state index contributed by atoms with van der Waals surface area (Å²) in [6, 6.07) is 8.25. The lowest BCUT2D eigenvalue weighted by molar-refractivity contribution is 0.626. The number of aromatic nitrogens is 2. The standard InChI is InChI=1S/C14H16N4S/c1-9-3-2-4-10(7-9)16-13-11-8-15-6-5-12(11)17-14(19)18-13/h2-4,7,15H,5-6,8H2,1H3,(H2,16,17,18,19). The van der Waals surface area contributed by atoms with Crippen molar-refractivity contribution < 1.29 is 0 Å². The van der Waals surface area contributed by atoms with Crippen molar-refractivity contribution in [3.8, 4) is 0 Å². The number of rotatable bonds is 2. The van der Waals surface area contributed by atoms with Crippen LogP contribution in [-0.4, -0.2) is 16.5 Å². The minimum atomic E-state index is 0.538. The highest BCUT2D eigenvalue weighted by molar-refractivity contribution is 7.71. The number of aryl methyl sites for hydroxylation is 1. The van der Waals surface area contributed by atoms with E-state index >= 15 is 0 Å². The third kappa shape index (κ3) is 2.67. The first-order valence-electron chi connectivity index (χ1n) is 6.39. The van der Waals surface area contributed by atoms with Crippen LogP contribution in [0, 0.1) is 11.7 Å². The normalized spacial score (nSPS) is 13.9. The summed E-state index contributed by atoms with van der Waals surface area (Å²) >= 11 is 5.20. The summed E-state index contributed by atoms with van der Waals surface area (Å²) in [7, 11) is 0. The molecule has 0 aliphatic carbocycles. The monoisotopic (exact) mass is 272 g/mol. The van der Waals surface area contributed by atoms with Crippen LogP contribution < -0.4 is 10.6 Å². The van der Waals surface area contributed by atoms with E-state index in [4.69, 9.17) is 12.2 Å². The Bertz CT molecular complexity index is 663. The Hall–Kier alpha value is -1.72. The molecule has 3 N–H and O–H groups in total. The molecule has 0 atom stereocenters. The van der Waals surface area contributed by atoms with E-state index in [0.717, 1.165) is 31.0 Å². The Morgan fingerprint density at radius 2 is 2.26 bits per heavy atom. The maximum absolute atomic E-state index is 5.20. The lowest BCUT2D eigenvalue weighted by atomic mass is 10.1. The minimum Gasteiger partial charge on any atom is -0.340 e. The van der Waals surface area contributed by atoms with Crippen molar-refractivity contribution >= 4 is 23.7 Å². The van der Waals surface area contributed by atoms with Gasteiger partial charge in [0.2, 0.25) is 0 Å². The van der Waals surface area contributed by atoms with Crippen LogP contribution in [0.3, 0.4) is 0 Å². The number of H-pyrrole nitrogens is 1. The molecule has 19 heavy (non-hydrogen) atoms. The van der Waals surface area contributed by atoms with Crippen LogP contribution in [-0.2, 0) is 13.0 Å². The number of anilines is 2. The van der Waals surface area contributed by atoms with Gasteiger partial charge in [-0.3, -0.25) is 0 Å². The molecular formula is C14H16N4S. The number of fused-ring (bicyclic) bond motifs is 1. The molecule has 1 aliphatic heterocycles. The Morgan fingerprint density at radius 1 is 1.37 bits per heavy atom. The third-order valence-corrected chi connectivity index (χ3v) is 3.45. The summed E-state index contributed by atoms with van der Waals surface area (Å²) in [6.07, 6.45) is 0.962. The molecule has 0 unspecified atom stereocenters. The fourth-order valence-electron chi connectivity index (χ4n) is 2.34. The Kier molecular flexibility index (Phi) is 3.31. The summed E-state index contributed by atoms with van der Waals surface area (Å²) in [5, 5.41) is 6.74. The van der Waals surface area contributed by atoms with Gasteiger partial charge in [0.25, 0.3) is 0 Å². The molecule has 0 radical (unpaired) electrons. The summed E-state index contributed by atoms with van der Waals surface area (Å²) < 4.78 is 0.538. The maximum Gasteiger partial charge on any atom is 0.198 e. The van der Waals surface area contributed by atoms with Crippen LogP contribution in [0.1, 0.15) is 16.8 Å². The topological polar surface area (TPSA) is 52.7 Å². The second-order valence-electron chi connectivity index (χ2n) is 4.77. The molecule has 3 rings (SSSR count). The fourth-order valence-corrected chi connectivity index (χ4v) is 2.55. The number of nitrogens with one attached hydrogen (secondary N) is 3. The van der Waals surface area contributed by atoms with Crippen LogP contribution in [0.2, 0.25) is 0 Å². The number of hydrogen-bond donors (Lipinski definition) is 3. The lowest BCUT2D eigenvalue weighted by Gasteiger charge is -2.20. The second-order valence-corrected chi connectivity index (χ2v) is 5.16. The van der Waals surface area contributed by atoms with Crippen LogP contribution in [0.25, 0.3) is 0 Å². The van der Waals surface area contributed by atoms with Crippen molar-refractivity contribution in [2.45, 2.75) is 19.9 Å². The van der Waals surface area contributed by atoms with E-state index in [1.165, 1.54) is 16.8 Å². The molecule has 0 bridgehead atoms. The number of hydrogen-bond acceptors (Lipinski definition) is 4. The average molecular weight is 272 g/mol. The van der Waals surface area contributed by atoms with E-state index in [-0.39, 0.29) is 0 Å². The van der Waals surface area contributed by atoms with Crippen molar-refractivity contribution in [3.05, 3.63) is 45.9 Å². The van der Waals surface area contributed by atoms with E-state index in [1.54, 1.807) is 0 Å². The van der Waals surface area contributed by atoms with Gasteiger partial charge in [-0.2, -0.15) is 0 Å². The van der Waals surface area contributed by atoms with Gasteiger partial charge in [-0.25, -0.2) is 4.98 Å². The second kappa shape index (κ2) is 5.11. The van der Waals surface area contributed by atoms with Gasteiger partial charge in [-0.05, 0) is 36.8 Å². The molecule has 0 saturated carbocycles. The molecule has 1 aromatic heterocycles. The van der Waals surface area contributed by atoms with Crippen molar-refractivity contribution in [2.24, 2.45) is 0 Å². The van der Waals surface area contributed by atoms with Gasteiger partial charge >= 0.3 is 0 Å². The molecule has 98 valence electrons. The SMILES string of the molecule is Cc1cccc(Nc2nc(=S)[nH]c3c2CNCC3)c1. The largest absolute Gasteiger partial charge is 0.340 e. The van der Waals surface area contributed by atoms with E-state index in [2.05, 4.69) is 39.7 Å². The highest BCUT2D eigenvalue weighted by Crippen LogP contribution is 2.23. The number of aromatic amines is 1. The van der Waals surface area contributed by atoms with Gasteiger partial charge in [-0.1, -0.05) is 12.1 Å². The van der Waals surface area contributed by atoms with Gasteiger partial charge in [0.1, 0.15) is 5.82 Å². The Labute approximate surface area is 117 Å². The van der Waals surface area contributed by atoms with Crippen LogP contribution in [0.4, 0.5) is 11.5 Å². The van der Waals surface area contributed by atoms with Gasteiger partial charge < -0.3 is 15.6 Å². The molecule has 0 spiro atoms.